The molecule has 0 bridgehead atoms. The average molecular weight is 186 g/mol. The molecule has 3 heteroatoms. The third-order valence-electron chi connectivity index (χ3n) is 1.35. The fraction of sp³-hybridized carbons (Fsp3) is 0.375. The molecular formula is C8H8ClNS. The van der Waals surface area contributed by atoms with Gasteiger partial charge in [-0.2, -0.15) is 5.26 Å². The molecule has 1 aromatic heterocycles. The van der Waals surface area contributed by atoms with Gasteiger partial charge < -0.3 is 0 Å². The molecule has 58 valence electrons. The van der Waals surface area contributed by atoms with E-state index in [1.807, 2.05) is 0 Å². The predicted octanol–water partition coefficient (Wildman–Crippen LogP) is 3.40. The summed E-state index contributed by atoms with van der Waals surface area (Å²) in [6.07, 6.45) is 0. The number of rotatable bonds is 1. The Labute approximate surface area is 75.2 Å². The number of hydrogen-bond acceptors (Lipinski definition) is 2. The summed E-state index contributed by atoms with van der Waals surface area (Å²) in [5.74, 6) is 0.412. The smallest absolute Gasteiger partial charge is 0.110 e. The van der Waals surface area contributed by atoms with Crippen LogP contribution < -0.4 is 0 Å². The van der Waals surface area contributed by atoms with Gasteiger partial charge in [-0.1, -0.05) is 25.4 Å². The van der Waals surface area contributed by atoms with Crippen molar-refractivity contribution in [2.75, 3.05) is 0 Å². The number of hydrogen-bond donors (Lipinski definition) is 0. The summed E-state index contributed by atoms with van der Waals surface area (Å²) in [7, 11) is 0. The molecule has 0 aliphatic carbocycles. The predicted molar refractivity (Wildman–Crippen MR) is 48.1 cm³/mol. The lowest BCUT2D eigenvalue weighted by Crippen LogP contribution is -1.79. The fourth-order valence-electron chi connectivity index (χ4n) is 0.832. The summed E-state index contributed by atoms with van der Waals surface area (Å²) in [6.45, 7) is 4.14. The minimum atomic E-state index is 0.412. The third kappa shape index (κ3) is 1.74. The first-order chi connectivity index (χ1) is 5.15. The third-order valence-corrected chi connectivity index (χ3v) is 3.11. The van der Waals surface area contributed by atoms with Crippen molar-refractivity contribution in [2.45, 2.75) is 19.8 Å². The molecule has 0 aliphatic heterocycles. The molecule has 1 heterocycles. The second kappa shape index (κ2) is 3.25. The molecule has 1 aromatic rings. The van der Waals surface area contributed by atoms with Crippen LogP contribution in [0.5, 0.6) is 0 Å². The van der Waals surface area contributed by atoms with Gasteiger partial charge in [-0.25, -0.2) is 0 Å². The highest BCUT2D eigenvalue weighted by molar-refractivity contribution is 7.13. The van der Waals surface area contributed by atoms with Crippen molar-refractivity contribution >= 4 is 22.9 Å². The molecule has 0 N–H and O–H groups in total. The van der Waals surface area contributed by atoms with Crippen LogP contribution >= 0.6 is 22.9 Å². The van der Waals surface area contributed by atoms with E-state index in [2.05, 4.69) is 19.9 Å². The van der Waals surface area contributed by atoms with Crippen LogP contribution in [-0.4, -0.2) is 0 Å². The van der Waals surface area contributed by atoms with E-state index >= 15 is 0 Å². The summed E-state index contributed by atoms with van der Waals surface area (Å²) in [6, 6.07) is 3.80. The van der Waals surface area contributed by atoms with Crippen molar-refractivity contribution in [3.8, 4) is 6.07 Å². The lowest BCUT2D eigenvalue weighted by atomic mass is 10.2. The first-order valence-electron chi connectivity index (χ1n) is 3.34. The zero-order chi connectivity index (χ0) is 8.43. The molecule has 0 spiro atoms. The molecule has 1 nitrogen and oxygen atoms in total. The zero-order valence-electron chi connectivity index (χ0n) is 6.39. The number of halogens is 1. The molecule has 0 radical (unpaired) electrons. The van der Waals surface area contributed by atoms with E-state index in [0.717, 1.165) is 9.90 Å². The van der Waals surface area contributed by atoms with Crippen LogP contribution in [0.25, 0.3) is 0 Å². The molecule has 0 unspecified atom stereocenters. The van der Waals surface area contributed by atoms with Gasteiger partial charge in [0.1, 0.15) is 10.9 Å². The first kappa shape index (κ1) is 8.58. The number of nitriles is 1. The lowest BCUT2D eigenvalue weighted by molar-refractivity contribution is 0.890. The Morgan fingerprint density at radius 2 is 2.27 bits per heavy atom. The van der Waals surface area contributed by atoms with Crippen molar-refractivity contribution < 1.29 is 0 Å². The highest BCUT2D eigenvalue weighted by atomic mass is 35.5. The van der Waals surface area contributed by atoms with Crippen LogP contribution in [0, 0.1) is 11.3 Å². The summed E-state index contributed by atoms with van der Waals surface area (Å²) < 4.78 is 0. The molecule has 0 saturated carbocycles. The standard InChI is InChI=1S/C8H8ClNS/c1-5(2)8-7(9)3-6(4-10)11-8/h3,5H,1-2H3. The Kier molecular flexibility index (Phi) is 2.53. The summed E-state index contributed by atoms with van der Waals surface area (Å²) >= 11 is 7.35. The molecule has 1 rings (SSSR count). The van der Waals surface area contributed by atoms with Gasteiger partial charge >= 0.3 is 0 Å². The van der Waals surface area contributed by atoms with Gasteiger partial charge in [0, 0.05) is 4.88 Å². The van der Waals surface area contributed by atoms with Crippen LogP contribution in [0.2, 0.25) is 5.02 Å². The van der Waals surface area contributed by atoms with Gasteiger partial charge in [-0.15, -0.1) is 11.3 Å². The number of nitrogens with zero attached hydrogens (tertiary/aromatic N) is 1. The van der Waals surface area contributed by atoms with Crippen molar-refractivity contribution in [2.24, 2.45) is 0 Å². The Morgan fingerprint density at radius 3 is 2.55 bits per heavy atom. The van der Waals surface area contributed by atoms with E-state index in [9.17, 15) is 0 Å². The van der Waals surface area contributed by atoms with Crippen LogP contribution in [0.15, 0.2) is 6.07 Å². The van der Waals surface area contributed by atoms with Gasteiger partial charge in [-0.3, -0.25) is 0 Å². The topological polar surface area (TPSA) is 23.8 Å². The second-order valence-corrected chi connectivity index (χ2v) is 4.08. The van der Waals surface area contributed by atoms with Crippen molar-refractivity contribution in [1.82, 2.24) is 0 Å². The molecular weight excluding hydrogens is 178 g/mol. The van der Waals surface area contributed by atoms with Crippen molar-refractivity contribution in [1.29, 1.82) is 5.26 Å². The van der Waals surface area contributed by atoms with Gasteiger partial charge in [0.25, 0.3) is 0 Å². The summed E-state index contributed by atoms with van der Waals surface area (Å²) in [4.78, 5) is 1.79. The lowest BCUT2D eigenvalue weighted by Gasteiger charge is -1.98. The maximum Gasteiger partial charge on any atom is 0.110 e. The van der Waals surface area contributed by atoms with Gasteiger partial charge in [-0.05, 0) is 12.0 Å². The summed E-state index contributed by atoms with van der Waals surface area (Å²) in [5, 5.41) is 9.28. The summed E-state index contributed by atoms with van der Waals surface area (Å²) in [5.41, 5.74) is 0. The average Bonchev–Trinajstić information content (AvgIpc) is 2.30. The van der Waals surface area contributed by atoms with E-state index in [4.69, 9.17) is 16.9 Å². The molecule has 0 saturated heterocycles. The van der Waals surface area contributed by atoms with Gasteiger partial charge in [0.15, 0.2) is 0 Å². The van der Waals surface area contributed by atoms with Gasteiger partial charge in [0.05, 0.1) is 5.02 Å². The van der Waals surface area contributed by atoms with E-state index in [-0.39, 0.29) is 0 Å². The zero-order valence-corrected chi connectivity index (χ0v) is 7.96. The number of thiophene rings is 1. The van der Waals surface area contributed by atoms with E-state index in [0.29, 0.717) is 10.8 Å². The highest BCUT2D eigenvalue weighted by Crippen LogP contribution is 2.32. The Hall–Kier alpha value is -0.520. The molecule has 0 fully saturated rings. The van der Waals surface area contributed by atoms with Crippen LogP contribution in [0.4, 0.5) is 0 Å². The van der Waals surface area contributed by atoms with Crippen molar-refractivity contribution in [3.63, 3.8) is 0 Å². The SMILES string of the molecule is CC(C)c1sc(C#N)cc1Cl. The fourth-order valence-corrected chi connectivity index (χ4v) is 2.19. The largest absolute Gasteiger partial charge is 0.192 e. The minimum absolute atomic E-state index is 0.412. The highest BCUT2D eigenvalue weighted by Gasteiger charge is 2.09. The second-order valence-electron chi connectivity index (χ2n) is 2.59. The Morgan fingerprint density at radius 1 is 1.64 bits per heavy atom. The maximum atomic E-state index is 8.56. The van der Waals surface area contributed by atoms with Crippen molar-refractivity contribution in [3.05, 3.63) is 20.8 Å². The minimum Gasteiger partial charge on any atom is -0.192 e. The Bertz CT molecular complexity index is 296. The van der Waals surface area contributed by atoms with E-state index in [1.165, 1.54) is 11.3 Å². The molecule has 0 atom stereocenters. The molecule has 0 aliphatic rings. The molecule has 0 amide bonds. The first-order valence-corrected chi connectivity index (χ1v) is 4.54. The van der Waals surface area contributed by atoms with E-state index in [1.54, 1.807) is 6.07 Å². The quantitative estimate of drug-likeness (QED) is 0.658. The normalized spacial score (nSPS) is 10.1. The maximum absolute atomic E-state index is 8.56. The van der Waals surface area contributed by atoms with Crippen LogP contribution in [0.1, 0.15) is 29.5 Å². The van der Waals surface area contributed by atoms with Crippen LogP contribution in [-0.2, 0) is 0 Å². The Balaban J connectivity index is 3.09. The molecule has 11 heavy (non-hydrogen) atoms. The molecule has 0 aromatic carbocycles. The van der Waals surface area contributed by atoms with Gasteiger partial charge in [0.2, 0.25) is 0 Å². The van der Waals surface area contributed by atoms with Crippen LogP contribution in [0.3, 0.4) is 0 Å². The van der Waals surface area contributed by atoms with E-state index < -0.39 is 0 Å². The monoisotopic (exact) mass is 185 g/mol.